The number of benzene rings is 1. The quantitative estimate of drug-likeness (QED) is 0.782. The molecule has 1 fully saturated rings. The van der Waals surface area contributed by atoms with Gasteiger partial charge in [-0.3, -0.25) is 0 Å². The Bertz CT molecular complexity index is 298. The third-order valence-electron chi connectivity index (χ3n) is 3.33. The third kappa shape index (κ3) is 3.07. The maximum Gasteiger partial charge on any atom is 0.0571 e. The van der Waals surface area contributed by atoms with E-state index in [-0.39, 0.29) is 6.10 Å². The van der Waals surface area contributed by atoms with Crippen LogP contribution in [0.3, 0.4) is 0 Å². The van der Waals surface area contributed by atoms with Crippen molar-refractivity contribution >= 4 is 0 Å². The summed E-state index contributed by atoms with van der Waals surface area (Å²) >= 11 is 0. The topological polar surface area (TPSA) is 20.2 Å². The van der Waals surface area contributed by atoms with Gasteiger partial charge in [-0.25, -0.2) is 0 Å². The number of aryl methyl sites for hydroxylation is 2. The molecule has 0 heterocycles. The Balaban J connectivity index is 1.81. The maximum absolute atomic E-state index is 9.75. The number of hydrogen-bond acceptors (Lipinski definition) is 1. The van der Waals surface area contributed by atoms with Gasteiger partial charge in [0.2, 0.25) is 0 Å². The molecule has 1 aliphatic rings. The average Bonchev–Trinajstić information content (AvgIpc) is 3.10. The second-order valence-electron chi connectivity index (χ2n) is 4.61. The minimum atomic E-state index is -0.0594. The van der Waals surface area contributed by atoms with E-state index in [1.54, 1.807) is 0 Å². The number of aliphatic hydroxyl groups excluding tert-OH is 1. The molecule has 0 radical (unpaired) electrons. The molecular formula is C14H20O. The molecule has 0 spiro atoms. The van der Waals surface area contributed by atoms with Crippen molar-refractivity contribution in [2.45, 2.75) is 45.1 Å². The van der Waals surface area contributed by atoms with E-state index in [0.29, 0.717) is 5.92 Å². The molecule has 1 aliphatic carbocycles. The van der Waals surface area contributed by atoms with Gasteiger partial charge in [0.05, 0.1) is 6.10 Å². The molecule has 1 aromatic carbocycles. The van der Waals surface area contributed by atoms with Crippen molar-refractivity contribution in [3.63, 3.8) is 0 Å². The Morgan fingerprint density at radius 3 is 2.33 bits per heavy atom. The Morgan fingerprint density at radius 1 is 1.20 bits per heavy atom. The predicted octanol–water partition coefficient (Wildman–Crippen LogP) is 2.95. The molecule has 0 amide bonds. The Labute approximate surface area is 92.1 Å². The number of hydrogen-bond donors (Lipinski definition) is 1. The fraction of sp³-hybridized carbons (Fsp3) is 0.571. The first kappa shape index (κ1) is 10.7. The van der Waals surface area contributed by atoms with Crippen LogP contribution in [-0.4, -0.2) is 11.2 Å². The van der Waals surface area contributed by atoms with Crippen molar-refractivity contribution < 1.29 is 5.11 Å². The monoisotopic (exact) mass is 204 g/mol. The normalized spacial score (nSPS) is 17.7. The summed E-state index contributed by atoms with van der Waals surface area (Å²) in [6, 6.07) is 8.77. The van der Waals surface area contributed by atoms with Crippen LogP contribution in [0.5, 0.6) is 0 Å². The highest BCUT2D eigenvalue weighted by Crippen LogP contribution is 2.34. The van der Waals surface area contributed by atoms with Crippen LogP contribution in [-0.2, 0) is 12.8 Å². The van der Waals surface area contributed by atoms with E-state index >= 15 is 0 Å². The smallest absolute Gasteiger partial charge is 0.0571 e. The number of aliphatic hydroxyl groups is 1. The summed E-state index contributed by atoms with van der Waals surface area (Å²) < 4.78 is 0. The van der Waals surface area contributed by atoms with E-state index in [4.69, 9.17) is 0 Å². The molecule has 1 aromatic rings. The van der Waals surface area contributed by atoms with Crippen LogP contribution in [0, 0.1) is 5.92 Å². The Hall–Kier alpha value is -0.820. The minimum Gasteiger partial charge on any atom is -0.393 e. The molecule has 1 saturated carbocycles. The van der Waals surface area contributed by atoms with Crippen LogP contribution in [0.2, 0.25) is 0 Å². The molecule has 1 N–H and O–H groups in total. The molecule has 0 bridgehead atoms. The summed E-state index contributed by atoms with van der Waals surface area (Å²) in [4.78, 5) is 0. The van der Waals surface area contributed by atoms with Gasteiger partial charge in [-0.05, 0) is 49.1 Å². The highest BCUT2D eigenvalue weighted by atomic mass is 16.3. The minimum absolute atomic E-state index is 0.0594. The van der Waals surface area contributed by atoms with Crippen molar-refractivity contribution in [3.05, 3.63) is 35.4 Å². The van der Waals surface area contributed by atoms with Crippen LogP contribution >= 0.6 is 0 Å². The third-order valence-corrected chi connectivity index (χ3v) is 3.33. The van der Waals surface area contributed by atoms with Gasteiger partial charge in [0, 0.05) is 0 Å². The van der Waals surface area contributed by atoms with E-state index in [0.717, 1.165) is 19.3 Å². The maximum atomic E-state index is 9.75. The van der Waals surface area contributed by atoms with Crippen molar-refractivity contribution in [2.75, 3.05) is 0 Å². The SMILES string of the molecule is CCc1ccc(CCC(O)C2CC2)cc1. The summed E-state index contributed by atoms with van der Waals surface area (Å²) in [5.41, 5.74) is 2.74. The summed E-state index contributed by atoms with van der Waals surface area (Å²) in [6.45, 7) is 2.17. The van der Waals surface area contributed by atoms with Crippen molar-refractivity contribution in [1.29, 1.82) is 0 Å². The lowest BCUT2D eigenvalue weighted by Crippen LogP contribution is -2.10. The molecule has 82 valence electrons. The number of rotatable bonds is 5. The summed E-state index contributed by atoms with van der Waals surface area (Å²) in [6.07, 6.45) is 5.45. The summed E-state index contributed by atoms with van der Waals surface area (Å²) in [5.74, 6) is 0.611. The second kappa shape index (κ2) is 4.80. The van der Waals surface area contributed by atoms with E-state index in [2.05, 4.69) is 31.2 Å². The zero-order chi connectivity index (χ0) is 10.7. The lowest BCUT2D eigenvalue weighted by atomic mass is 10.0. The van der Waals surface area contributed by atoms with Gasteiger partial charge in [0.1, 0.15) is 0 Å². The van der Waals surface area contributed by atoms with Gasteiger partial charge in [0.25, 0.3) is 0 Å². The zero-order valence-electron chi connectivity index (χ0n) is 9.45. The first-order chi connectivity index (χ1) is 7.29. The van der Waals surface area contributed by atoms with Gasteiger partial charge < -0.3 is 5.11 Å². The van der Waals surface area contributed by atoms with Gasteiger partial charge in [-0.2, -0.15) is 0 Å². The fourth-order valence-electron chi connectivity index (χ4n) is 1.97. The van der Waals surface area contributed by atoms with Crippen LogP contribution in [0.4, 0.5) is 0 Å². The Morgan fingerprint density at radius 2 is 1.80 bits per heavy atom. The van der Waals surface area contributed by atoms with Gasteiger partial charge in [-0.1, -0.05) is 31.2 Å². The molecule has 15 heavy (non-hydrogen) atoms. The van der Waals surface area contributed by atoms with Crippen LogP contribution in [0.1, 0.15) is 37.3 Å². The van der Waals surface area contributed by atoms with E-state index in [9.17, 15) is 5.11 Å². The molecule has 1 atom stereocenters. The molecule has 1 unspecified atom stereocenters. The predicted molar refractivity (Wildman–Crippen MR) is 62.9 cm³/mol. The summed E-state index contributed by atoms with van der Waals surface area (Å²) in [5, 5.41) is 9.75. The first-order valence-electron chi connectivity index (χ1n) is 6.05. The largest absolute Gasteiger partial charge is 0.393 e. The van der Waals surface area contributed by atoms with Gasteiger partial charge in [-0.15, -0.1) is 0 Å². The molecule has 0 saturated heterocycles. The lowest BCUT2D eigenvalue weighted by Gasteiger charge is -2.08. The molecule has 0 aliphatic heterocycles. The van der Waals surface area contributed by atoms with E-state index in [1.807, 2.05) is 0 Å². The second-order valence-corrected chi connectivity index (χ2v) is 4.61. The van der Waals surface area contributed by atoms with Crippen molar-refractivity contribution in [1.82, 2.24) is 0 Å². The van der Waals surface area contributed by atoms with Crippen molar-refractivity contribution in [2.24, 2.45) is 5.92 Å². The average molecular weight is 204 g/mol. The van der Waals surface area contributed by atoms with Gasteiger partial charge in [0.15, 0.2) is 0 Å². The van der Waals surface area contributed by atoms with Crippen LogP contribution < -0.4 is 0 Å². The standard InChI is InChI=1S/C14H20O/c1-2-11-3-5-12(6-4-11)7-10-14(15)13-8-9-13/h3-6,13-15H,2,7-10H2,1H3. The van der Waals surface area contributed by atoms with Crippen LogP contribution in [0.15, 0.2) is 24.3 Å². The van der Waals surface area contributed by atoms with E-state index < -0.39 is 0 Å². The molecular weight excluding hydrogens is 184 g/mol. The van der Waals surface area contributed by atoms with Crippen molar-refractivity contribution in [3.8, 4) is 0 Å². The van der Waals surface area contributed by atoms with E-state index in [1.165, 1.54) is 24.0 Å². The Kier molecular flexibility index (Phi) is 3.42. The first-order valence-corrected chi connectivity index (χ1v) is 6.05. The molecule has 0 aromatic heterocycles. The molecule has 1 heteroatoms. The lowest BCUT2D eigenvalue weighted by molar-refractivity contribution is 0.142. The van der Waals surface area contributed by atoms with Crippen LogP contribution in [0.25, 0.3) is 0 Å². The molecule has 1 nitrogen and oxygen atoms in total. The zero-order valence-corrected chi connectivity index (χ0v) is 9.45. The highest BCUT2D eigenvalue weighted by Gasteiger charge is 2.28. The summed E-state index contributed by atoms with van der Waals surface area (Å²) in [7, 11) is 0. The fourth-order valence-corrected chi connectivity index (χ4v) is 1.97. The van der Waals surface area contributed by atoms with Gasteiger partial charge >= 0.3 is 0 Å². The molecule has 2 rings (SSSR count). The highest BCUT2D eigenvalue weighted by molar-refractivity contribution is 5.22.